The average molecular weight is 458 g/mol. The van der Waals surface area contributed by atoms with E-state index in [1.807, 2.05) is 85.1 Å². The molecule has 4 aromatic rings. The van der Waals surface area contributed by atoms with Crippen LogP contribution in [0.3, 0.4) is 0 Å². The molecule has 0 unspecified atom stereocenters. The van der Waals surface area contributed by atoms with Crippen molar-refractivity contribution in [3.8, 4) is 5.75 Å². The molecule has 0 atom stereocenters. The fourth-order valence-corrected chi connectivity index (χ4v) is 4.22. The molecule has 0 radical (unpaired) electrons. The summed E-state index contributed by atoms with van der Waals surface area (Å²) in [7, 11) is 0. The summed E-state index contributed by atoms with van der Waals surface area (Å²) in [4.78, 5) is 24.9. The van der Waals surface area contributed by atoms with E-state index in [0.717, 1.165) is 21.2 Å². The largest absolute Gasteiger partial charge is 0.483 e. The Morgan fingerprint density at radius 2 is 1.79 bits per heavy atom. The van der Waals surface area contributed by atoms with Crippen LogP contribution >= 0.6 is 11.3 Å². The van der Waals surface area contributed by atoms with Crippen LogP contribution in [0.4, 0.5) is 5.69 Å². The second kappa shape index (κ2) is 10.1. The number of para-hydroxylation sites is 1. The molecular weight excluding hydrogens is 434 g/mol. The molecule has 0 spiro atoms. The number of amides is 2. The molecule has 3 aromatic carbocycles. The Bertz CT molecular complexity index is 1340. The first-order chi connectivity index (χ1) is 16.0. The fraction of sp³-hybridized carbons (Fsp3) is 0.115. The van der Waals surface area contributed by atoms with Gasteiger partial charge in [-0.2, -0.15) is 5.10 Å². The SMILES string of the molecule is C/C(=N\NC(=O)COc1ccccc1C)c1cccc(NC(=O)c2csc3ccccc23)c1. The molecule has 0 aliphatic rings. The predicted molar refractivity (Wildman–Crippen MR) is 133 cm³/mol. The van der Waals surface area contributed by atoms with Crippen LogP contribution in [-0.2, 0) is 4.79 Å². The minimum atomic E-state index is -0.355. The van der Waals surface area contributed by atoms with Gasteiger partial charge in [-0.15, -0.1) is 11.3 Å². The van der Waals surface area contributed by atoms with Gasteiger partial charge in [0.15, 0.2) is 6.61 Å². The molecule has 2 amide bonds. The van der Waals surface area contributed by atoms with Crippen molar-refractivity contribution in [3.63, 3.8) is 0 Å². The number of nitrogens with zero attached hydrogens (tertiary/aromatic N) is 1. The first kappa shape index (κ1) is 22.2. The third kappa shape index (κ3) is 5.45. The van der Waals surface area contributed by atoms with Crippen LogP contribution in [0.5, 0.6) is 5.75 Å². The number of hydrogen-bond donors (Lipinski definition) is 2. The molecule has 166 valence electrons. The summed E-state index contributed by atoms with van der Waals surface area (Å²) >= 11 is 1.54. The number of ether oxygens (including phenoxy) is 1. The van der Waals surface area contributed by atoms with Crippen molar-refractivity contribution in [2.45, 2.75) is 13.8 Å². The molecule has 2 N–H and O–H groups in total. The molecule has 33 heavy (non-hydrogen) atoms. The smallest absolute Gasteiger partial charge is 0.277 e. The summed E-state index contributed by atoms with van der Waals surface area (Å²) in [6.07, 6.45) is 0. The van der Waals surface area contributed by atoms with Crippen LogP contribution in [0.1, 0.15) is 28.4 Å². The zero-order valence-electron chi connectivity index (χ0n) is 18.3. The van der Waals surface area contributed by atoms with Gasteiger partial charge in [-0.05, 0) is 49.2 Å². The van der Waals surface area contributed by atoms with Crippen molar-refractivity contribution >= 4 is 44.6 Å². The number of hydrogen-bond acceptors (Lipinski definition) is 5. The third-order valence-electron chi connectivity index (χ3n) is 5.06. The zero-order chi connectivity index (χ0) is 23.2. The van der Waals surface area contributed by atoms with Gasteiger partial charge in [0.25, 0.3) is 11.8 Å². The lowest BCUT2D eigenvalue weighted by Gasteiger charge is -2.09. The summed E-state index contributed by atoms with van der Waals surface area (Å²) in [6, 6.07) is 22.7. The standard InChI is InChI=1S/C26H23N3O3S/c1-17-8-3-5-12-23(17)32-15-25(30)29-28-18(2)19-9-7-10-20(14-19)27-26(31)22-16-33-24-13-6-4-11-21(22)24/h3-14,16H,15H2,1-2H3,(H,27,31)(H,29,30)/b28-18+. The van der Waals surface area contributed by atoms with Crippen LogP contribution in [0.2, 0.25) is 0 Å². The zero-order valence-corrected chi connectivity index (χ0v) is 19.1. The van der Waals surface area contributed by atoms with E-state index in [1.54, 1.807) is 18.3 Å². The molecule has 7 heteroatoms. The molecule has 1 aromatic heterocycles. The van der Waals surface area contributed by atoms with Crippen molar-refractivity contribution in [1.29, 1.82) is 0 Å². The van der Waals surface area contributed by atoms with Crippen LogP contribution < -0.4 is 15.5 Å². The van der Waals surface area contributed by atoms with Gasteiger partial charge in [-0.1, -0.05) is 48.5 Å². The van der Waals surface area contributed by atoms with E-state index in [9.17, 15) is 9.59 Å². The number of fused-ring (bicyclic) bond motifs is 1. The first-order valence-corrected chi connectivity index (χ1v) is 11.3. The molecular formula is C26H23N3O3S. The summed E-state index contributed by atoms with van der Waals surface area (Å²) in [5.74, 6) is 0.141. The monoisotopic (exact) mass is 457 g/mol. The second-order valence-corrected chi connectivity index (χ2v) is 8.38. The molecule has 4 rings (SSSR count). The summed E-state index contributed by atoms with van der Waals surface area (Å²) < 4.78 is 6.61. The van der Waals surface area contributed by atoms with Crippen LogP contribution in [-0.4, -0.2) is 24.1 Å². The number of carbonyl (C=O) groups excluding carboxylic acids is 2. The molecule has 0 saturated carbocycles. The highest BCUT2D eigenvalue weighted by atomic mass is 32.1. The van der Waals surface area contributed by atoms with Crippen molar-refractivity contribution in [2.24, 2.45) is 5.10 Å². The molecule has 1 heterocycles. The van der Waals surface area contributed by atoms with E-state index in [4.69, 9.17) is 4.74 Å². The first-order valence-electron chi connectivity index (χ1n) is 10.4. The number of rotatable bonds is 7. The highest BCUT2D eigenvalue weighted by molar-refractivity contribution is 7.17. The van der Waals surface area contributed by atoms with Gasteiger partial charge in [-0.3, -0.25) is 9.59 Å². The summed E-state index contributed by atoms with van der Waals surface area (Å²) in [5, 5.41) is 9.91. The number of carbonyl (C=O) groups is 2. The number of aryl methyl sites for hydroxylation is 1. The maximum atomic E-state index is 12.8. The minimum Gasteiger partial charge on any atom is -0.483 e. The highest BCUT2D eigenvalue weighted by Crippen LogP contribution is 2.26. The van der Waals surface area contributed by atoms with Crippen LogP contribution in [0.25, 0.3) is 10.1 Å². The Morgan fingerprint density at radius 1 is 1.00 bits per heavy atom. The van der Waals surface area contributed by atoms with Crippen molar-refractivity contribution in [1.82, 2.24) is 5.43 Å². The number of anilines is 1. The van der Waals surface area contributed by atoms with Gasteiger partial charge in [0, 0.05) is 21.2 Å². The lowest BCUT2D eigenvalue weighted by molar-refractivity contribution is -0.123. The predicted octanol–water partition coefficient (Wildman–Crippen LogP) is 5.38. The normalized spacial score (nSPS) is 11.3. The van der Waals surface area contributed by atoms with Crippen molar-refractivity contribution in [2.75, 3.05) is 11.9 Å². The van der Waals surface area contributed by atoms with Gasteiger partial charge < -0.3 is 10.1 Å². The Labute approximate surface area is 195 Å². The van der Waals surface area contributed by atoms with E-state index in [-0.39, 0.29) is 18.4 Å². The lowest BCUT2D eigenvalue weighted by atomic mass is 10.1. The van der Waals surface area contributed by atoms with Crippen LogP contribution in [0.15, 0.2) is 83.3 Å². The molecule has 0 bridgehead atoms. The number of benzene rings is 3. The molecule has 0 aliphatic carbocycles. The molecule has 0 fully saturated rings. The van der Waals surface area contributed by atoms with E-state index in [1.165, 1.54) is 0 Å². The Morgan fingerprint density at radius 3 is 2.64 bits per heavy atom. The third-order valence-corrected chi connectivity index (χ3v) is 6.03. The topological polar surface area (TPSA) is 79.8 Å². The molecule has 0 saturated heterocycles. The number of nitrogens with one attached hydrogen (secondary N) is 2. The number of thiophene rings is 1. The van der Waals surface area contributed by atoms with Gasteiger partial charge in [0.1, 0.15) is 5.75 Å². The van der Waals surface area contributed by atoms with Crippen molar-refractivity contribution in [3.05, 3.63) is 94.9 Å². The van der Waals surface area contributed by atoms with Gasteiger partial charge in [0.05, 0.1) is 11.3 Å². The van der Waals surface area contributed by atoms with Crippen LogP contribution in [0, 0.1) is 6.92 Å². The Kier molecular flexibility index (Phi) is 6.80. The minimum absolute atomic E-state index is 0.133. The van der Waals surface area contributed by atoms with Gasteiger partial charge >= 0.3 is 0 Å². The second-order valence-electron chi connectivity index (χ2n) is 7.47. The Balaban J connectivity index is 1.38. The van der Waals surface area contributed by atoms with E-state index < -0.39 is 0 Å². The lowest BCUT2D eigenvalue weighted by Crippen LogP contribution is -2.25. The maximum absolute atomic E-state index is 12.8. The van der Waals surface area contributed by atoms with Crippen molar-refractivity contribution < 1.29 is 14.3 Å². The van der Waals surface area contributed by atoms with E-state index in [2.05, 4.69) is 15.8 Å². The highest BCUT2D eigenvalue weighted by Gasteiger charge is 2.12. The average Bonchev–Trinajstić information content (AvgIpc) is 3.26. The van der Waals surface area contributed by atoms with Gasteiger partial charge in [-0.25, -0.2) is 5.43 Å². The maximum Gasteiger partial charge on any atom is 0.277 e. The number of hydrazone groups is 1. The molecule has 6 nitrogen and oxygen atoms in total. The summed E-state index contributed by atoms with van der Waals surface area (Å²) in [5.41, 5.74) is 6.15. The van der Waals surface area contributed by atoms with Gasteiger partial charge in [0.2, 0.25) is 0 Å². The Hall–Kier alpha value is -3.97. The molecule has 0 aliphatic heterocycles. The fourth-order valence-electron chi connectivity index (χ4n) is 3.28. The van der Waals surface area contributed by atoms with E-state index >= 15 is 0 Å². The quantitative estimate of drug-likeness (QED) is 0.289. The van der Waals surface area contributed by atoms with E-state index in [0.29, 0.717) is 22.7 Å². The summed E-state index contributed by atoms with van der Waals surface area (Å²) in [6.45, 7) is 3.57.